The maximum absolute atomic E-state index is 13.2. The van der Waals surface area contributed by atoms with Crippen LogP contribution in [0.1, 0.15) is 47.2 Å². The molecule has 1 heterocycles. The van der Waals surface area contributed by atoms with Crippen molar-refractivity contribution in [3.8, 4) is 5.75 Å². The Hall–Kier alpha value is -3.26. The van der Waals surface area contributed by atoms with Crippen molar-refractivity contribution in [3.63, 3.8) is 0 Å². The number of aromatic hydroxyl groups is 1. The molecule has 0 radical (unpaired) electrons. The van der Waals surface area contributed by atoms with Gasteiger partial charge in [0, 0.05) is 24.1 Å². The fourth-order valence-corrected chi connectivity index (χ4v) is 5.21. The first kappa shape index (κ1) is 26.8. The van der Waals surface area contributed by atoms with Crippen molar-refractivity contribution >= 4 is 23.3 Å². The minimum Gasteiger partial charge on any atom is -0.508 e. The van der Waals surface area contributed by atoms with Crippen molar-refractivity contribution in [1.82, 2.24) is 10.2 Å². The lowest BCUT2D eigenvalue weighted by atomic mass is 9.74. The second-order valence-corrected chi connectivity index (χ2v) is 9.82. The highest BCUT2D eigenvalue weighted by Gasteiger charge is 2.46. The van der Waals surface area contributed by atoms with E-state index in [2.05, 4.69) is 5.32 Å². The van der Waals surface area contributed by atoms with Gasteiger partial charge in [0.2, 0.25) is 0 Å². The van der Waals surface area contributed by atoms with Crippen LogP contribution in [-0.2, 0) is 28.2 Å². The van der Waals surface area contributed by atoms with E-state index in [-0.39, 0.29) is 30.9 Å². The van der Waals surface area contributed by atoms with Crippen molar-refractivity contribution in [2.75, 3.05) is 20.3 Å². The largest absolute Gasteiger partial charge is 0.508 e. The molecule has 1 saturated carbocycles. The Bertz CT molecular complexity index is 1230. The SMILES string of the molecule is CN(COC[n+]1cccc(C(=O)NCCc2ccc(O)cc2)c1)C1(c2ccccc2Cl)CCCCC1=O. The molecule has 1 amide bonds. The summed E-state index contributed by atoms with van der Waals surface area (Å²) in [5.74, 6) is 0.215. The second-order valence-electron chi connectivity index (χ2n) is 9.41. The monoisotopic (exact) mass is 522 g/mol. The molecule has 1 atom stereocenters. The van der Waals surface area contributed by atoms with E-state index in [0.29, 0.717) is 36.4 Å². The van der Waals surface area contributed by atoms with Gasteiger partial charge >= 0.3 is 0 Å². The van der Waals surface area contributed by atoms with Crippen LogP contribution in [-0.4, -0.2) is 42.0 Å². The van der Waals surface area contributed by atoms with Crippen LogP contribution in [0.5, 0.6) is 5.75 Å². The van der Waals surface area contributed by atoms with Gasteiger partial charge in [0.25, 0.3) is 12.6 Å². The molecule has 3 aromatic rings. The number of phenols is 1. The minimum atomic E-state index is -0.805. The number of benzene rings is 2. The molecule has 0 saturated heterocycles. The van der Waals surface area contributed by atoms with Crippen molar-refractivity contribution in [1.29, 1.82) is 0 Å². The minimum absolute atomic E-state index is 0.163. The van der Waals surface area contributed by atoms with Crippen LogP contribution in [0.25, 0.3) is 0 Å². The van der Waals surface area contributed by atoms with Crippen LogP contribution in [0.4, 0.5) is 0 Å². The molecule has 0 bridgehead atoms. The number of phenolic OH excluding ortho intramolecular Hbond substituents is 1. The molecule has 1 aliphatic carbocycles. The van der Waals surface area contributed by atoms with Gasteiger partial charge in [0.1, 0.15) is 23.6 Å². The van der Waals surface area contributed by atoms with Crippen LogP contribution in [0.15, 0.2) is 73.1 Å². The van der Waals surface area contributed by atoms with Gasteiger partial charge in [0.05, 0.1) is 0 Å². The number of ketones is 1. The van der Waals surface area contributed by atoms with Gasteiger partial charge in [-0.3, -0.25) is 14.5 Å². The molecule has 2 N–H and O–H groups in total. The summed E-state index contributed by atoms with van der Waals surface area (Å²) >= 11 is 6.54. The summed E-state index contributed by atoms with van der Waals surface area (Å²) in [6, 6.07) is 18.0. The predicted octanol–water partition coefficient (Wildman–Crippen LogP) is 4.21. The average Bonchev–Trinajstić information content (AvgIpc) is 2.91. The lowest BCUT2D eigenvalue weighted by Crippen LogP contribution is -2.53. The number of Topliss-reactive ketones (excluding diaryl/α,β-unsaturated/α-hetero) is 1. The maximum Gasteiger partial charge on any atom is 0.257 e. The fraction of sp³-hybridized carbons (Fsp3) is 0.345. The van der Waals surface area contributed by atoms with E-state index in [1.54, 1.807) is 35.0 Å². The summed E-state index contributed by atoms with van der Waals surface area (Å²) in [5, 5.41) is 12.9. The van der Waals surface area contributed by atoms with E-state index in [1.807, 2.05) is 54.5 Å². The molecule has 7 nitrogen and oxygen atoms in total. The molecule has 8 heteroatoms. The number of carbonyl (C=O) groups is 2. The number of rotatable bonds is 10. The maximum atomic E-state index is 13.2. The standard InChI is InChI=1S/C29H32ClN3O4/c1-32(29(16-5-4-10-27(29)35)25-8-2-3-9-26(25)30)20-37-21-33-18-6-7-23(19-33)28(36)31-17-15-22-11-13-24(34)14-12-22/h2-3,6-9,11-14,18-19H,4-5,10,15-17,20-21H2,1H3,(H-,31,34,36)/p+1. The Morgan fingerprint density at radius 3 is 2.68 bits per heavy atom. The van der Waals surface area contributed by atoms with Crippen molar-refractivity contribution in [2.24, 2.45) is 0 Å². The van der Waals surface area contributed by atoms with Crippen LogP contribution >= 0.6 is 11.6 Å². The van der Waals surface area contributed by atoms with Crippen molar-refractivity contribution < 1.29 is 24.0 Å². The Morgan fingerprint density at radius 2 is 1.92 bits per heavy atom. The Labute approximate surface area is 222 Å². The number of nitrogens with zero attached hydrogens (tertiary/aromatic N) is 2. The molecule has 1 unspecified atom stereocenters. The normalized spacial score (nSPS) is 17.6. The van der Waals surface area contributed by atoms with Gasteiger partial charge in [0.15, 0.2) is 18.2 Å². The third-order valence-corrected chi connectivity index (χ3v) is 7.24. The van der Waals surface area contributed by atoms with Gasteiger partial charge < -0.3 is 15.2 Å². The molecule has 1 aromatic heterocycles. The first-order valence-electron chi connectivity index (χ1n) is 12.5. The fourth-order valence-electron chi connectivity index (χ4n) is 4.92. The quantitative estimate of drug-likeness (QED) is 0.308. The zero-order chi connectivity index (χ0) is 26.3. The van der Waals surface area contributed by atoms with Crippen molar-refractivity contribution in [2.45, 2.75) is 44.4 Å². The molecule has 194 valence electrons. The molecule has 37 heavy (non-hydrogen) atoms. The first-order valence-corrected chi connectivity index (χ1v) is 12.9. The number of carbonyl (C=O) groups excluding carboxylic acids is 2. The third-order valence-electron chi connectivity index (χ3n) is 6.91. The topological polar surface area (TPSA) is 82.8 Å². The number of amides is 1. The number of hydrogen-bond acceptors (Lipinski definition) is 5. The molecule has 4 rings (SSSR count). The smallest absolute Gasteiger partial charge is 0.257 e. The van der Waals surface area contributed by atoms with E-state index in [4.69, 9.17) is 16.3 Å². The van der Waals surface area contributed by atoms with Gasteiger partial charge in [-0.15, -0.1) is 0 Å². The number of aromatic nitrogens is 1. The summed E-state index contributed by atoms with van der Waals surface area (Å²) in [5.41, 5.74) is 1.58. The Kier molecular flexibility index (Phi) is 8.92. The number of likely N-dealkylation sites (N-methyl/N-ethyl adjacent to an activating group) is 1. The summed E-state index contributed by atoms with van der Waals surface area (Å²) in [6.45, 7) is 0.941. The number of nitrogens with one attached hydrogen (secondary N) is 1. The molecular weight excluding hydrogens is 490 g/mol. The van der Waals surface area contributed by atoms with Gasteiger partial charge in [-0.2, -0.15) is 4.57 Å². The van der Waals surface area contributed by atoms with Gasteiger partial charge in [-0.1, -0.05) is 48.4 Å². The highest BCUT2D eigenvalue weighted by molar-refractivity contribution is 6.31. The van der Waals surface area contributed by atoms with E-state index < -0.39 is 5.54 Å². The van der Waals surface area contributed by atoms with Crippen LogP contribution < -0.4 is 9.88 Å². The van der Waals surface area contributed by atoms with Gasteiger partial charge in [-0.05, 0) is 61.7 Å². The van der Waals surface area contributed by atoms with Crippen LogP contribution in [0.3, 0.4) is 0 Å². The summed E-state index contributed by atoms with van der Waals surface area (Å²) < 4.78 is 7.79. The molecule has 1 aliphatic rings. The number of halogens is 1. The summed E-state index contributed by atoms with van der Waals surface area (Å²) in [6.07, 6.45) is 7.30. The number of pyridine rings is 1. The number of ether oxygens (including phenoxy) is 1. The summed E-state index contributed by atoms with van der Waals surface area (Å²) in [7, 11) is 1.90. The Morgan fingerprint density at radius 1 is 1.14 bits per heavy atom. The van der Waals surface area contributed by atoms with Gasteiger partial charge in [-0.25, -0.2) is 0 Å². The van der Waals surface area contributed by atoms with E-state index in [0.717, 1.165) is 24.0 Å². The average molecular weight is 523 g/mol. The molecule has 0 aliphatic heterocycles. The zero-order valence-corrected chi connectivity index (χ0v) is 21.8. The first-order chi connectivity index (χ1) is 17.9. The van der Waals surface area contributed by atoms with E-state index >= 15 is 0 Å². The predicted molar refractivity (Wildman–Crippen MR) is 141 cm³/mol. The lowest BCUT2D eigenvalue weighted by molar-refractivity contribution is -0.733. The van der Waals surface area contributed by atoms with E-state index in [9.17, 15) is 14.7 Å². The second kappa shape index (κ2) is 12.3. The highest BCUT2D eigenvalue weighted by Crippen LogP contribution is 2.42. The molecule has 1 fully saturated rings. The highest BCUT2D eigenvalue weighted by atomic mass is 35.5. The molecule has 2 aromatic carbocycles. The van der Waals surface area contributed by atoms with E-state index in [1.165, 1.54) is 0 Å². The number of hydrogen-bond donors (Lipinski definition) is 2. The summed E-state index contributed by atoms with van der Waals surface area (Å²) in [4.78, 5) is 27.8. The molecule has 0 spiro atoms. The third kappa shape index (κ3) is 6.36. The van der Waals surface area contributed by atoms with Crippen LogP contribution in [0.2, 0.25) is 5.02 Å². The van der Waals surface area contributed by atoms with Crippen LogP contribution in [0, 0.1) is 0 Å². The zero-order valence-electron chi connectivity index (χ0n) is 21.0. The van der Waals surface area contributed by atoms with Crippen molar-refractivity contribution in [3.05, 3.63) is 94.8 Å². The molecular formula is C29H33ClN3O4+. The Balaban J connectivity index is 1.35. The lowest BCUT2D eigenvalue weighted by Gasteiger charge is -2.43.